The van der Waals surface area contributed by atoms with Crippen LogP contribution in [0.5, 0.6) is 0 Å². The summed E-state index contributed by atoms with van der Waals surface area (Å²) < 4.78 is 67.7. The molecule has 17 nitrogen and oxygen atoms in total. The summed E-state index contributed by atoms with van der Waals surface area (Å²) in [4.78, 5) is 71.9. The van der Waals surface area contributed by atoms with Gasteiger partial charge in [-0.2, -0.15) is 0 Å². The Balaban J connectivity index is 5.23. The minimum atomic E-state index is -4.94. The molecule has 0 fully saturated rings. The maximum absolute atomic E-state index is 12.9. The number of ether oxygens (including phenoxy) is 4. The molecule has 0 aliphatic carbocycles. The fourth-order valence-corrected chi connectivity index (χ4v) is 10.4. The van der Waals surface area contributed by atoms with Crippen LogP contribution in [0.2, 0.25) is 0 Å². The lowest BCUT2D eigenvalue weighted by Crippen LogP contribution is -2.30. The molecule has 0 aliphatic heterocycles. The molecule has 6 atom stereocenters. The third-order valence-electron chi connectivity index (χ3n) is 14.1. The molecule has 0 radical (unpaired) electrons. The lowest BCUT2D eigenvalue weighted by Gasteiger charge is -2.21. The zero-order valence-corrected chi connectivity index (χ0v) is 52.4. The van der Waals surface area contributed by atoms with Gasteiger partial charge in [-0.15, -0.1) is 0 Å². The van der Waals surface area contributed by atoms with Gasteiger partial charge in [0, 0.05) is 25.7 Å². The number of unbranched alkanes of at least 4 members (excludes halogenated alkanes) is 28. The summed E-state index contributed by atoms with van der Waals surface area (Å²) in [6.07, 6.45) is 33.5. The molecular formula is C60H116O17P2. The molecule has 0 amide bonds. The topological polar surface area (TPSA) is 237 Å². The summed E-state index contributed by atoms with van der Waals surface area (Å²) in [5, 5.41) is 10.5. The first-order chi connectivity index (χ1) is 37.9. The zero-order valence-electron chi connectivity index (χ0n) is 50.7. The van der Waals surface area contributed by atoms with Gasteiger partial charge in [-0.25, -0.2) is 9.13 Å². The Labute approximate surface area is 479 Å². The highest BCUT2D eigenvalue weighted by molar-refractivity contribution is 7.47. The third kappa shape index (κ3) is 53.8. The number of rotatable bonds is 59. The minimum absolute atomic E-state index is 0.104. The average Bonchev–Trinajstić information content (AvgIpc) is 3.41. The normalized spacial score (nSPS) is 14.8. The van der Waals surface area contributed by atoms with E-state index in [9.17, 15) is 43.2 Å². The first kappa shape index (κ1) is 77.1. The van der Waals surface area contributed by atoms with Gasteiger partial charge in [0.1, 0.15) is 19.3 Å². The lowest BCUT2D eigenvalue weighted by molar-refractivity contribution is -0.161. The first-order valence-electron chi connectivity index (χ1n) is 31.5. The number of hydrogen-bond donors (Lipinski definition) is 3. The molecular weight excluding hydrogens is 1050 g/mol. The number of esters is 4. The Morgan fingerprint density at radius 3 is 0.962 bits per heavy atom. The molecule has 3 N–H and O–H groups in total. The lowest BCUT2D eigenvalue weighted by atomic mass is 9.99. The highest BCUT2D eigenvalue weighted by Gasteiger charge is 2.30. The molecule has 0 aromatic rings. The van der Waals surface area contributed by atoms with E-state index in [4.69, 9.17) is 37.0 Å². The van der Waals surface area contributed by atoms with E-state index in [1.807, 2.05) is 0 Å². The molecule has 0 aliphatic rings. The van der Waals surface area contributed by atoms with Crippen molar-refractivity contribution in [1.82, 2.24) is 0 Å². The number of hydrogen-bond acceptors (Lipinski definition) is 15. The van der Waals surface area contributed by atoms with Crippen molar-refractivity contribution in [3.63, 3.8) is 0 Å². The fourth-order valence-electron chi connectivity index (χ4n) is 8.79. The van der Waals surface area contributed by atoms with Gasteiger partial charge >= 0.3 is 39.5 Å². The number of phosphoric acid groups is 2. The number of carbonyl (C=O) groups excluding carboxylic acids is 4. The molecule has 0 saturated heterocycles. The summed E-state index contributed by atoms with van der Waals surface area (Å²) in [7, 11) is -9.87. The molecule has 0 aromatic carbocycles. The molecule has 19 heteroatoms. The van der Waals surface area contributed by atoms with Gasteiger partial charge in [-0.1, -0.05) is 241 Å². The van der Waals surface area contributed by atoms with Crippen LogP contribution in [0.3, 0.4) is 0 Å². The molecule has 468 valence electrons. The van der Waals surface area contributed by atoms with Gasteiger partial charge in [-0.3, -0.25) is 37.3 Å². The maximum atomic E-state index is 12.9. The van der Waals surface area contributed by atoms with Crippen LogP contribution in [0.15, 0.2) is 0 Å². The Morgan fingerprint density at radius 2 is 0.646 bits per heavy atom. The molecule has 79 heavy (non-hydrogen) atoms. The van der Waals surface area contributed by atoms with E-state index in [1.54, 1.807) is 0 Å². The standard InChI is InChI=1S/C60H116O17P2/c1-7-10-12-14-16-17-26-32-38-44-59(64)76-55(48-70-57(62)42-36-30-22-15-13-11-8-2)50-74-78(66,67)72-46-54(61)47-73-79(68,69)75-51-56(49-71-58(63)43-37-31-25-20-18-23-28-34-40-52(4)5)77-60(65)45-39-33-27-21-19-24-29-35-41-53(6)9-3/h52-56,61H,7-51H2,1-6H3,(H,66,67)(H,68,69)/t53?,54-,55+,56+/m0/s1. The van der Waals surface area contributed by atoms with E-state index in [1.165, 1.54) is 96.3 Å². The van der Waals surface area contributed by atoms with Crippen LogP contribution < -0.4 is 0 Å². The molecule has 0 rings (SSSR count). The van der Waals surface area contributed by atoms with Gasteiger partial charge in [0.2, 0.25) is 0 Å². The molecule has 0 saturated carbocycles. The van der Waals surface area contributed by atoms with Crippen LogP contribution in [0.25, 0.3) is 0 Å². The highest BCUT2D eigenvalue weighted by Crippen LogP contribution is 2.45. The van der Waals surface area contributed by atoms with Crippen molar-refractivity contribution in [1.29, 1.82) is 0 Å². The third-order valence-corrected chi connectivity index (χ3v) is 16.0. The van der Waals surface area contributed by atoms with Crippen molar-refractivity contribution in [2.24, 2.45) is 11.8 Å². The second-order valence-corrected chi connectivity index (χ2v) is 25.4. The quantitative estimate of drug-likeness (QED) is 0.0222. The summed E-state index contributed by atoms with van der Waals surface area (Å²) >= 11 is 0. The van der Waals surface area contributed by atoms with Crippen molar-refractivity contribution in [3.8, 4) is 0 Å². The van der Waals surface area contributed by atoms with Gasteiger partial charge in [0.05, 0.1) is 26.4 Å². The number of aliphatic hydroxyl groups is 1. The summed E-state index contributed by atoms with van der Waals surface area (Å²) in [5.74, 6) is -0.650. The molecule has 0 aromatic heterocycles. The number of phosphoric ester groups is 2. The predicted octanol–water partition coefficient (Wildman–Crippen LogP) is 16.1. The van der Waals surface area contributed by atoms with Crippen LogP contribution >= 0.6 is 15.6 Å². The average molecular weight is 1170 g/mol. The van der Waals surface area contributed by atoms with Crippen LogP contribution in [0, 0.1) is 11.8 Å². The molecule has 3 unspecified atom stereocenters. The highest BCUT2D eigenvalue weighted by atomic mass is 31.2. The van der Waals surface area contributed by atoms with Crippen LogP contribution in [-0.4, -0.2) is 96.7 Å². The van der Waals surface area contributed by atoms with E-state index in [2.05, 4.69) is 41.5 Å². The van der Waals surface area contributed by atoms with Crippen molar-refractivity contribution in [2.75, 3.05) is 39.6 Å². The van der Waals surface area contributed by atoms with Crippen molar-refractivity contribution in [2.45, 2.75) is 310 Å². The van der Waals surface area contributed by atoms with Crippen molar-refractivity contribution >= 4 is 39.5 Å². The Hall–Kier alpha value is -1.94. The van der Waals surface area contributed by atoms with E-state index in [0.717, 1.165) is 115 Å². The largest absolute Gasteiger partial charge is 0.472 e. The monoisotopic (exact) mass is 1170 g/mol. The second kappa shape index (κ2) is 52.8. The number of carbonyl (C=O) groups is 4. The zero-order chi connectivity index (χ0) is 58.7. The van der Waals surface area contributed by atoms with E-state index < -0.39 is 97.5 Å². The molecule has 0 heterocycles. The first-order valence-corrected chi connectivity index (χ1v) is 34.5. The van der Waals surface area contributed by atoms with Gasteiger partial charge < -0.3 is 33.8 Å². The smallest absolute Gasteiger partial charge is 0.462 e. The van der Waals surface area contributed by atoms with E-state index in [0.29, 0.717) is 25.7 Å². The van der Waals surface area contributed by atoms with Crippen LogP contribution in [0.4, 0.5) is 0 Å². The second-order valence-electron chi connectivity index (χ2n) is 22.5. The molecule has 0 spiro atoms. The maximum Gasteiger partial charge on any atom is 0.472 e. The molecule has 0 bridgehead atoms. The summed E-state index contributed by atoms with van der Waals surface area (Å²) in [6.45, 7) is 9.37. The van der Waals surface area contributed by atoms with E-state index in [-0.39, 0.29) is 25.7 Å². The predicted molar refractivity (Wildman–Crippen MR) is 312 cm³/mol. The van der Waals surface area contributed by atoms with Crippen molar-refractivity contribution in [3.05, 3.63) is 0 Å². The Bertz CT molecular complexity index is 1570. The Morgan fingerprint density at radius 1 is 0.367 bits per heavy atom. The minimum Gasteiger partial charge on any atom is -0.462 e. The van der Waals surface area contributed by atoms with Gasteiger partial charge in [0.25, 0.3) is 0 Å². The van der Waals surface area contributed by atoms with Crippen LogP contribution in [-0.2, 0) is 65.4 Å². The van der Waals surface area contributed by atoms with Crippen molar-refractivity contribution < 1.29 is 80.2 Å². The fraction of sp³-hybridized carbons (Fsp3) is 0.933. The van der Waals surface area contributed by atoms with Gasteiger partial charge in [-0.05, 0) is 37.5 Å². The van der Waals surface area contributed by atoms with E-state index >= 15 is 0 Å². The number of aliphatic hydroxyl groups excluding tert-OH is 1. The Kier molecular flexibility index (Phi) is 51.5. The SMILES string of the molecule is CCCCCCCCCCCC(=O)O[C@H](COC(=O)CCCCCCCCC)COP(=O)(O)OC[C@H](O)COP(=O)(O)OC[C@@H](COC(=O)CCCCCCCCCCC(C)C)OC(=O)CCCCCCCCCCC(C)CC. The summed E-state index contributed by atoms with van der Waals surface area (Å²) in [5.41, 5.74) is 0. The van der Waals surface area contributed by atoms with Gasteiger partial charge in [0.15, 0.2) is 12.2 Å². The summed E-state index contributed by atoms with van der Waals surface area (Å²) in [6, 6.07) is 0. The van der Waals surface area contributed by atoms with Crippen LogP contribution in [0.1, 0.15) is 292 Å².